The lowest BCUT2D eigenvalue weighted by Crippen LogP contribution is -2.53. The van der Waals surface area contributed by atoms with Crippen LogP contribution in [0.3, 0.4) is 0 Å². The number of nitrogens with one attached hydrogen (secondary N) is 1. The molecule has 114 valence electrons. The van der Waals surface area contributed by atoms with Gasteiger partial charge in [0.2, 0.25) is 5.91 Å². The van der Waals surface area contributed by atoms with Gasteiger partial charge in [0.25, 0.3) is 0 Å². The molecule has 1 aliphatic carbocycles. The maximum atomic E-state index is 13.4. The number of nitrogens with zero attached hydrogens (tertiary/aromatic N) is 4. The van der Waals surface area contributed by atoms with Gasteiger partial charge >= 0.3 is 0 Å². The number of anilines is 1. The molecule has 0 atom stereocenters. The van der Waals surface area contributed by atoms with Gasteiger partial charge in [-0.15, -0.1) is 10.2 Å². The first-order valence-corrected chi connectivity index (χ1v) is 7.55. The second-order valence-electron chi connectivity index (χ2n) is 6.00. The summed E-state index contributed by atoms with van der Waals surface area (Å²) in [7, 11) is 0. The third-order valence-corrected chi connectivity index (χ3v) is 4.80. The minimum Gasteiger partial charge on any atom is -0.311 e. The molecule has 0 saturated heterocycles. The van der Waals surface area contributed by atoms with E-state index >= 15 is 0 Å². The number of H-pyrrole nitrogens is 1. The number of hydrogen-bond donors (Lipinski definition) is 1. The van der Waals surface area contributed by atoms with Crippen LogP contribution >= 0.6 is 0 Å². The Morgan fingerprint density at radius 3 is 2.86 bits per heavy atom. The van der Waals surface area contributed by atoms with Crippen molar-refractivity contribution in [2.24, 2.45) is 0 Å². The molecule has 2 aliphatic rings. The zero-order chi connectivity index (χ0) is 15.2. The van der Waals surface area contributed by atoms with Crippen LogP contribution in [0.2, 0.25) is 0 Å². The maximum absolute atomic E-state index is 13.4. The van der Waals surface area contributed by atoms with E-state index in [-0.39, 0.29) is 11.7 Å². The minimum atomic E-state index is -0.671. The van der Waals surface area contributed by atoms with Crippen LogP contribution in [0.25, 0.3) is 0 Å². The number of amides is 1. The Kier molecular flexibility index (Phi) is 2.95. The fourth-order valence-electron chi connectivity index (χ4n) is 3.46. The predicted molar refractivity (Wildman–Crippen MR) is 76.8 cm³/mol. The number of carbonyl (C=O) groups is 1. The molecule has 0 unspecified atom stereocenters. The normalized spacial score (nSPS) is 19.4. The van der Waals surface area contributed by atoms with E-state index in [9.17, 15) is 9.18 Å². The van der Waals surface area contributed by atoms with Gasteiger partial charge in [-0.2, -0.15) is 5.21 Å². The van der Waals surface area contributed by atoms with Crippen molar-refractivity contribution in [2.75, 3.05) is 11.4 Å². The van der Waals surface area contributed by atoms with E-state index < -0.39 is 5.41 Å². The average molecular weight is 301 g/mol. The van der Waals surface area contributed by atoms with E-state index in [1.807, 2.05) is 0 Å². The highest BCUT2D eigenvalue weighted by Gasteiger charge is 2.51. The fraction of sp³-hybridized carbons (Fsp3) is 0.467. The summed E-state index contributed by atoms with van der Waals surface area (Å²) in [4.78, 5) is 14.9. The van der Waals surface area contributed by atoms with Gasteiger partial charge in [0.05, 0.1) is 0 Å². The quantitative estimate of drug-likeness (QED) is 0.917. The van der Waals surface area contributed by atoms with Gasteiger partial charge in [0.1, 0.15) is 11.2 Å². The molecule has 2 heterocycles. The Balaban J connectivity index is 1.72. The number of benzene rings is 1. The molecule has 7 heteroatoms. The van der Waals surface area contributed by atoms with Gasteiger partial charge < -0.3 is 4.90 Å². The molecule has 2 aromatic rings. The molecule has 1 N–H and O–H groups in total. The molecule has 22 heavy (non-hydrogen) atoms. The lowest BCUT2D eigenvalue weighted by molar-refractivity contribution is -0.127. The summed E-state index contributed by atoms with van der Waals surface area (Å²) in [5, 5.41) is 14.1. The first-order chi connectivity index (χ1) is 10.7. The third-order valence-electron chi connectivity index (χ3n) is 4.80. The van der Waals surface area contributed by atoms with Crippen LogP contribution in [0.4, 0.5) is 10.1 Å². The summed E-state index contributed by atoms with van der Waals surface area (Å²) in [5.74, 6) is 0.218. The Labute approximate surface area is 126 Å². The number of halogens is 1. The molecular weight excluding hydrogens is 285 g/mol. The van der Waals surface area contributed by atoms with Crippen molar-refractivity contribution in [2.45, 2.75) is 37.5 Å². The van der Waals surface area contributed by atoms with Crippen LogP contribution in [0.15, 0.2) is 18.2 Å². The number of carbonyl (C=O) groups excluding carboxylic acids is 1. The highest BCUT2D eigenvalue weighted by molar-refractivity contribution is 6.02. The monoisotopic (exact) mass is 301 g/mol. The van der Waals surface area contributed by atoms with Crippen molar-refractivity contribution in [3.63, 3.8) is 0 Å². The summed E-state index contributed by atoms with van der Waals surface area (Å²) in [6.07, 6.45) is 4.08. The molecule has 6 nitrogen and oxygen atoms in total. The largest absolute Gasteiger partial charge is 0.311 e. The van der Waals surface area contributed by atoms with Gasteiger partial charge in [-0.3, -0.25) is 4.79 Å². The summed E-state index contributed by atoms with van der Waals surface area (Å²) in [5.41, 5.74) is 1.03. The van der Waals surface area contributed by atoms with Crippen LogP contribution in [-0.2, 0) is 16.6 Å². The molecule has 1 aliphatic heterocycles. The van der Waals surface area contributed by atoms with Crippen LogP contribution in [0.5, 0.6) is 0 Å². The molecule has 1 amide bonds. The Hall–Kier alpha value is -2.31. The number of tetrazole rings is 1. The summed E-state index contributed by atoms with van der Waals surface area (Å²) in [6.45, 7) is 0.650. The highest BCUT2D eigenvalue weighted by Crippen LogP contribution is 2.45. The van der Waals surface area contributed by atoms with Crippen molar-refractivity contribution >= 4 is 11.6 Å². The topological polar surface area (TPSA) is 74.8 Å². The second-order valence-corrected chi connectivity index (χ2v) is 6.00. The van der Waals surface area contributed by atoms with Gasteiger partial charge in [0.15, 0.2) is 5.82 Å². The van der Waals surface area contributed by atoms with E-state index in [0.29, 0.717) is 12.4 Å². The molecule has 4 rings (SSSR count). The first-order valence-electron chi connectivity index (χ1n) is 7.55. The van der Waals surface area contributed by atoms with Crippen LogP contribution in [-0.4, -0.2) is 33.1 Å². The number of aryl methyl sites for hydroxylation is 1. The zero-order valence-corrected chi connectivity index (χ0v) is 12.0. The first kappa shape index (κ1) is 13.4. The molecule has 1 aromatic carbocycles. The van der Waals surface area contributed by atoms with Gasteiger partial charge in [-0.1, -0.05) is 11.6 Å². The molecule has 0 spiro atoms. The lowest BCUT2D eigenvalue weighted by Gasteiger charge is -2.42. The van der Waals surface area contributed by atoms with E-state index in [1.54, 1.807) is 11.0 Å². The van der Waals surface area contributed by atoms with Crippen molar-refractivity contribution in [3.8, 4) is 0 Å². The SMILES string of the molecule is O=C(N1CCCc2cc(F)ccc21)C1(c2nn[nH]n2)CCC1. The summed E-state index contributed by atoms with van der Waals surface area (Å²) < 4.78 is 13.4. The van der Waals surface area contributed by atoms with Crippen molar-refractivity contribution < 1.29 is 9.18 Å². The van der Waals surface area contributed by atoms with E-state index in [1.165, 1.54) is 12.1 Å². The molecule has 1 fully saturated rings. The molecule has 1 saturated carbocycles. The van der Waals surface area contributed by atoms with Gasteiger partial charge in [-0.25, -0.2) is 4.39 Å². The Morgan fingerprint density at radius 1 is 1.32 bits per heavy atom. The van der Waals surface area contributed by atoms with Crippen LogP contribution < -0.4 is 4.90 Å². The molecule has 0 radical (unpaired) electrons. The molecule has 1 aromatic heterocycles. The molecular formula is C15H16FN5O. The van der Waals surface area contributed by atoms with Crippen LogP contribution in [0, 0.1) is 5.82 Å². The zero-order valence-electron chi connectivity index (χ0n) is 12.0. The maximum Gasteiger partial charge on any atom is 0.241 e. The smallest absolute Gasteiger partial charge is 0.241 e. The van der Waals surface area contributed by atoms with Crippen molar-refractivity contribution in [1.82, 2.24) is 20.6 Å². The Bertz CT molecular complexity index is 711. The highest BCUT2D eigenvalue weighted by atomic mass is 19.1. The van der Waals surface area contributed by atoms with Crippen molar-refractivity contribution in [3.05, 3.63) is 35.4 Å². The van der Waals surface area contributed by atoms with E-state index in [0.717, 1.165) is 43.4 Å². The molecule has 0 bridgehead atoms. The number of fused-ring (bicyclic) bond motifs is 1. The third kappa shape index (κ3) is 1.84. The number of hydrogen-bond acceptors (Lipinski definition) is 4. The van der Waals surface area contributed by atoms with E-state index in [2.05, 4.69) is 20.6 Å². The van der Waals surface area contributed by atoms with Gasteiger partial charge in [-0.05, 0) is 49.4 Å². The fourth-order valence-corrected chi connectivity index (χ4v) is 3.46. The number of aromatic nitrogens is 4. The van der Waals surface area contributed by atoms with Gasteiger partial charge in [0, 0.05) is 12.2 Å². The predicted octanol–water partition coefficient (Wildman–Crippen LogP) is 1.74. The van der Waals surface area contributed by atoms with E-state index in [4.69, 9.17) is 0 Å². The summed E-state index contributed by atoms with van der Waals surface area (Å²) >= 11 is 0. The standard InChI is InChI=1S/C15H16FN5O/c16-11-4-5-12-10(9-11)3-1-8-21(12)14(22)15(6-2-7-15)13-17-19-20-18-13/h4-5,9H,1-3,6-8H2,(H,17,18,19,20). The average Bonchev–Trinajstić information content (AvgIpc) is 2.99. The number of aromatic amines is 1. The lowest BCUT2D eigenvalue weighted by atomic mass is 9.67. The summed E-state index contributed by atoms with van der Waals surface area (Å²) in [6, 6.07) is 4.63. The van der Waals surface area contributed by atoms with Crippen LogP contribution in [0.1, 0.15) is 37.1 Å². The minimum absolute atomic E-state index is 0.00714. The number of rotatable bonds is 2. The Morgan fingerprint density at radius 2 is 2.18 bits per heavy atom. The van der Waals surface area contributed by atoms with Crippen molar-refractivity contribution in [1.29, 1.82) is 0 Å². The second kappa shape index (κ2) is 4.86.